The summed E-state index contributed by atoms with van der Waals surface area (Å²) >= 11 is 0. The summed E-state index contributed by atoms with van der Waals surface area (Å²) in [5.41, 5.74) is 1.24. The highest BCUT2D eigenvalue weighted by Gasteiger charge is 2.25. The summed E-state index contributed by atoms with van der Waals surface area (Å²) < 4.78 is 0. The van der Waals surface area contributed by atoms with Crippen molar-refractivity contribution in [2.75, 3.05) is 0 Å². The molecule has 0 aliphatic heterocycles. The van der Waals surface area contributed by atoms with Crippen molar-refractivity contribution in [2.24, 2.45) is 5.92 Å². The second kappa shape index (κ2) is 5.35. The summed E-state index contributed by atoms with van der Waals surface area (Å²) in [6, 6.07) is 2.01. The maximum absolute atomic E-state index is 4.72. The molecule has 1 fully saturated rings. The third-order valence-electron chi connectivity index (χ3n) is 3.59. The van der Waals surface area contributed by atoms with Crippen LogP contribution in [-0.4, -0.2) is 15.5 Å². The lowest BCUT2D eigenvalue weighted by molar-refractivity contribution is 0.420. The molecule has 1 aliphatic rings. The average molecular weight is 247 g/mol. The third-order valence-corrected chi connectivity index (χ3v) is 3.59. The molecule has 0 bridgehead atoms. The summed E-state index contributed by atoms with van der Waals surface area (Å²) in [6.45, 7) is 9.67. The smallest absolute Gasteiger partial charge is 0.131 e. The maximum Gasteiger partial charge on any atom is 0.131 e. The summed E-state index contributed by atoms with van der Waals surface area (Å²) in [7, 11) is 0. The number of aromatic nitrogens is 2. The van der Waals surface area contributed by atoms with Crippen LogP contribution in [0.15, 0.2) is 12.3 Å². The lowest BCUT2D eigenvalue weighted by Gasteiger charge is -2.20. The van der Waals surface area contributed by atoms with Gasteiger partial charge in [-0.25, -0.2) is 9.97 Å². The number of nitrogens with one attached hydrogen (secondary N) is 1. The van der Waals surface area contributed by atoms with E-state index in [0.29, 0.717) is 5.92 Å². The molecule has 2 unspecified atom stereocenters. The van der Waals surface area contributed by atoms with Gasteiger partial charge in [-0.1, -0.05) is 6.92 Å². The van der Waals surface area contributed by atoms with Gasteiger partial charge in [0, 0.05) is 24.2 Å². The lowest BCUT2D eigenvalue weighted by Crippen LogP contribution is -2.35. The Hall–Kier alpha value is -0.960. The molecule has 1 aromatic rings. The number of rotatable bonds is 3. The van der Waals surface area contributed by atoms with Crippen molar-refractivity contribution in [1.29, 1.82) is 0 Å². The third kappa shape index (κ3) is 3.77. The molecule has 2 atom stereocenters. The first-order valence-electron chi connectivity index (χ1n) is 7.01. The molecular formula is C15H25N3. The van der Waals surface area contributed by atoms with Crippen molar-refractivity contribution in [3.05, 3.63) is 23.8 Å². The number of hydrogen-bond acceptors (Lipinski definition) is 3. The van der Waals surface area contributed by atoms with Crippen LogP contribution in [0, 0.1) is 5.92 Å². The van der Waals surface area contributed by atoms with E-state index < -0.39 is 0 Å². The van der Waals surface area contributed by atoms with E-state index in [1.54, 1.807) is 0 Å². The Balaban J connectivity index is 2.01. The van der Waals surface area contributed by atoms with E-state index in [4.69, 9.17) is 4.98 Å². The Morgan fingerprint density at radius 1 is 1.33 bits per heavy atom. The quantitative estimate of drug-likeness (QED) is 0.891. The number of nitrogens with zero attached hydrogens (tertiary/aromatic N) is 2. The van der Waals surface area contributed by atoms with Crippen molar-refractivity contribution in [2.45, 2.75) is 65.0 Å². The van der Waals surface area contributed by atoms with Gasteiger partial charge in [-0.3, -0.25) is 0 Å². The minimum atomic E-state index is 0.132. The predicted octanol–water partition coefficient (Wildman–Crippen LogP) is 3.27. The van der Waals surface area contributed by atoms with Crippen LogP contribution in [0.2, 0.25) is 0 Å². The van der Waals surface area contributed by atoms with E-state index in [-0.39, 0.29) is 5.54 Å². The molecule has 2 rings (SSSR count). The first-order chi connectivity index (χ1) is 8.44. The highest BCUT2D eigenvalue weighted by atomic mass is 15.0. The first-order valence-corrected chi connectivity index (χ1v) is 7.01. The van der Waals surface area contributed by atoms with E-state index in [0.717, 1.165) is 24.0 Å². The molecule has 3 nitrogen and oxygen atoms in total. The molecule has 1 saturated carbocycles. The largest absolute Gasteiger partial charge is 0.306 e. The molecule has 3 heteroatoms. The van der Waals surface area contributed by atoms with Crippen LogP contribution in [-0.2, 0) is 6.54 Å². The molecule has 18 heavy (non-hydrogen) atoms. The Bertz CT molecular complexity index is 395. The molecule has 1 heterocycles. The van der Waals surface area contributed by atoms with Crippen molar-refractivity contribution in [1.82, 2.24) is 15.3 Å². The van der Waals surface area contributed by atoms with Gasteiger partial charge in [0.05, 0.1) is 5.69 Å². The fraction of sp³-hybridized carbons (Fsp3) is 0.733. The maximum atomic E-state index is 4.72. The Morgan fingerprint density at radius 3 is 2.72 bits per heavy atom. The van der Waals surface area contributed by atoms with Crippen LogP contribution < -0.4 is 5.32 Å². The highest BCUT2D eigenvalue weighted by molar-refractivity contribution is 5.07. The molecule has 100 valence electrons. The molecule has 0 aromatic carbocycles. The van der Waals surface area contributed by atoms with Crippen LogP contribution in [0.5, 0.6) is 0 Å². The van der Waals surface area contributed by atoms with Crippen LogP contribution >= 0.6 is 0 Å². The number of hydrogen-bond donors (Lipinski definition) is 1. The summed E-state index contributed by atoms with van der Waals surface area (Å²) in [4.78, 5) is 9.18. The van der Waals surface area contributed by atoms with Crippen LogP contribution in [0.3, 0.4) is 0 Å². The molecular weight excluding hydrogens is 222 g/mol. The molecule has 0 spiro atoms. The lowest BCUT2D eigenvalue weighted by atomic mass is 10.1. The Morgan fingerprint density at radius 2 is 2.11 bits per heavy atom. The van der Waals surface area contributed by atoms with Gasteiger partial charge >= 0.3 is 0 Å². The summed E-state index contributed by atoms with van der Waals surface area (Å²) in [6.07, 6.45) is 5.72. The van der Waals surface area contributed by atoms with E-state index >= 15 is 0 Å². The topological polar surface area (TPSA) is 37.8 Å². The van der Waals surface area contributed by atoms with Gasteiger partial charge in [0.2, 0.25) is 0 Å². The summed E-state index contributed by atoms with van der Waals surface area (Å²) in [5.74, 6) is 2.46. The zero-order chi connectivity index (χ0) is 13.2. The molecule has 1 aliphatic carbocycles. The van der Waals surface area contributed by atoms with Gasteiger partial charge in [-0.2, -0.15) is 0 Å². The van der Waals surface area contributed by atoms with Gasteiger partial charge in [-0.05, 0) is 52.0 Å². The Kier molecular flexibility index (Phi) is 4.00. The van der Waals surface area contributed by atoms with E-state index in [9.17, 15) is 0 Å². The monoisotopic (exact) mass is 247 g/mol. The van der Waals surface area contributed by atoms with Crippen molar-refractivity contribution >= 4 is 0 Å². The standard InChI is InChI=1S/C15H25N3/c1-11-5-6-12(9-11)14-16-8-7-13(18-14)10-17-15(2,3)4/h7-8,11-12,17H,5-6,9-10H2,1-4H3. The summed E-state index contributed by atoms with van der Waals surface area (Å²) in [5, 5.41) is 3.47. The van der Waals surface area contributed by atoms with Crippen molar-refractivity contribution in [3.63, 3.8) is 0 Å². The second-order valence-corrected chi connectivity index (χ2v) is 6.62. The molecule has 1 aromatic heterocycles. The van der Waals surface area contributed by atoms with Gasteiger partial charge in [0.25, 0.3) is 0 Å². The van der Waals surface area contributed by atoms with Gasteiger partial charge < -0.3 is 5.32 Å². The molecule has 0 radical (unpaired) electrons. The molecule has 0 amide bonds. The zero-order valence-corrected chi connectivity index (χ0v) is 12.0. The molecule has 0 saturated heterocycles. The van der Waals surface area contributed by atoms with Gasteiger partial charge in [0.15, 0.2) is 0 Å². The van der Waals surface area contributed by atoms with Crippen LogP contribution in [0.25, 0.3) is 0 Å². The van der Waals surface area contributed by atoms with E-state index in [2.05, 4.69) is 38.0 Å². The van der Waals surface area contributed by atoms with Crippen molar-refractivity contribution in [3.8, 4) is 0 Å². The zero-order valence-electron chi connectivity index (χ0n) is 12.0. The minimum Gasteiger partial charge on any atom is -0.306 e. The molecule has 1 N–H and O–H groups in total. The highest BCUT2D eigenvalue weighted by Crippen LogP contribution is 2.36. The first kappa shape index (κ1) is 13.5. The average Bonchev–Trinajstić information content (AvgIpc) is 2.73. The Labute approximate surface area is 110 Å². The van der Waals surface area contributed by atoms with Crippen LogP contribution in [0.1, 0.15) is 64.4 Å². The predicted molar refractivity (Wildman–Crippen MR) is 74.4 cm³/mol. The fourth-order valence-corrected chi connectivity index (χ4v) is 2.51. The van der Waals surface area contributed by atoms with Crippen molar-refractivity contribution < 1.29 is 0 Å². The minimum absolute atomic E-state index is 0.132. The van der Waals surface area contributed by atoms with Crippen LogP contribution in [0.4, 0.5) is 0 Å². The van der Waals surface area contributed by atoms with Gasteiger partial charge in [-0.15, -0.1) is 0 Å². The van der Waals surface area contributed by atoms with E-state index in [1.165, 1.54) is 19.3 Å². The second-order valence-electron chi connectivity index (χ2n) is 6.62. The normalized spacial score (nSPS) is 24.4. The fourth-order valence-electron chi connectivity index (χ4n) is 2.51. The van der Waals surface area contributed by atoms with Gasteiger partial charge in [0.1, 0.15) is 5.82 Å². The van der Waals surface area contributed by atoms with E-state index in [1.807, 2.05) is 12.3 Å². The SMILES string of the molecule is CC1CCC(c2nccc(CNC(C)(C)C)n2)C1.